The largest absolute Gasteiger partial charge is 0.345 e. The molecule has 8 nitrogen and oxygen atoms in total. The van der Waals surface area contributed by atoms with Gasteiger partial charge in [-0.1, -0.05) is 17.3 Å². The van der Waals surface area contributed by atoms with Gasteiger partial charge in [0.15, 0.2) is 5.69 Å². The van der Waals surface area contributed by atoms with Crippen LogP contribution < -0.4 is 10.6 Å². The molecule has 8 heteroatoms. The number of nitrogens with zero attached hydrogens (tertiary/aromatic N) is 4. The number of hydrogen-bond acceptors (Lipinski definition) is 5. The van der Waals surface area contributed by atoms with Gasteiger partial charge in [0.05, 0.1) is 18.3 Å². The molecule has 2 fully saturated rings. The number of hydrogen-bond donors (Lipinski definition) is 2. The average molecular weight is 368 g/mol. The van der Waals surface area contributed by atoms with Crippen molar-refractivity contribution in [2.45, 2.75) is 44.8 Å². The van der Waals surface area contributed by atoms with Crippen LogP contribution in [0, 0.1) is 0 Å². The number of carbonyl (C=O) groups is 2. The first-order valence-corrected chi connectivity index (χ1v) is 9.34. The number of carbonyl (C=O) groups excluding carboxylic acids is 2. The molecular weight excluding hydrogens is 344 g/mol. The second-order valence-corrected chi connectivity index (χ2v) is 7.42. The zero-order chi connectivity index (χ0) is 19.0. The van der Waals surface area contributed by atoms with E-state index < -0.39 is 0 Å². The fraction of sp³-hybridized carbons (Fsp3) is 0.474. The molecule has 0 bridgehead atoms. The Balaban J connectivity index is 1.29. The first-order chi connectivity index (χ1) is 13.0. The highest BCUT2D eigenvalue weighted by Crippen LogP contribution is 2.33. The molecule has 1 aromatic heterocycles. The maximum Gasteiger partial charge on any atom is 0.273 e. The van der Waals surface area contributed by atoms with Crippen molar-refractivity contribution in [3.05, 3.63) is 41.7 Å². The summed E-state index contributed by atoms with van der Waals surface area (Å²) >= 11 is 0. The van der Waals surface area contributed by atoms with Gasteiger partial charge in [-0.05, 0) is 37.5 Å². The van der Waals surface area contributed by atoms with Gasteiger partial charge in [0.1, 0.15) is 0 Å². The highest BCUT2D eigenvalue weighted by molar-refractivity contribution is 5.92. The standard InChI is InChI=1S/C19H24N6O2/c1-12(14-4-3-5-15(8-14)20-13(2)26)24-9-16(10-24)21-19(27)18-11-25(23-22-18)17-6-7-17/h3-5,8,11-12,16-17H,6-7,9-10H2,1-2H3,(H,20,26)(H,21,27). The van der Waals surface area contributed by atoms with E-state index >= 15 is 0 Å². The van der Waals surface area contributed by atoms with E-state index in [2.05, 4.69) is 38.8 Å². The number of benzene rings is 1. The van der Waals surface area contributed by atoms with Crippen molar-refractivity contribution in [2.24, 2.45) is 0 Å². The Morgan fingerprint density at radius 3 is 2.74 bits per heavy atom. The van der Waals surface area contributed by atoms with Crippen molar-refractivity contribution in [2.75, 3.05) is 18.4 Å². The minimum absolute atomic E-state index is 0.0786. The molecule has 27 heavy (non-hydrogen) atoms. The summed E-state index contributed by atoms with van der Waals surface area (Å²) in [6.45, 7) is 5.20. The fourth-order valence-electron chi connectivity index (χ4n) is 3.37. The monoisotopic (exact) mass is 368 g/mol. The number of likely N-dealkylation sites (tertiary alicyclic amines) is 1. The van der Waals surface area contributed by atoms with Gasteiger partial charge < -0.3 is 10.6 Å². The summed E-state index contributed by atoms with van der Waals surface area (Å²) in [4.78, 5) is 25.8. The quantitative estimate of drug-likeness (QED) is 0.810. The molecule has 0 radical (unpaired) electrons. The molecular formula is C19H24N6O2. The lowest BCUT2D eigenvalue weighted by atomic mass is 10.00. The van der Waals surface area contributed by atoms with Crippen LogP contribution in [-0.2, 0) is 4.79 Å². The van der Waals surface area contributed by atoms with Gasteiger partial charge in [0.2, 0.25) is 5.91 Å². The molecule has 142 valence electrons. The number of nitrogens with one attached hydrogen (secondary N) is 2. The van der Waals surface area contributed by atoms with E-state index in [1.165, 1.54) is 6.92 Å². The van der Waals surface area contributed by atoms with Crippen molar-refractivity contribution in [3.63, 3.8) is 0 Å². The van der Waals surface area contributed by atoms with Crippen LogP contribution >= 0.6 is 0 Å². The summed E-state index contributed by atoms with van der Waals surface area (Å²) < 4.78 is 1.78. The minimum atomic E-state index is -0.160. The Labute approximate surface area is 157 Å². The summed E-state index contributed by atoms with van der Waals surface area (Å²) in [6, 6.07) is 8.62. The molecule has 1 aliphatic heterocycles. The molecule has 4 rings (SSSR count). The van der Waals surface area contributed by atoms with E-state index in [4.69, 9.17) is 0 Å². The lowest BCUT2D eigenvalue weighted by Gasteiger charge is -2.43. The Kier molecular flexibility index (Phi) is 4.65. The van der Waals surface area contributed by atoms with Crippen LogP contribution in [0.15, 0.2) is 30.5 Å². The van der Waals surface area contributed by atoms with Crippen LogP contribution in [-0.4, -0.2) is 50.8 Å². The van der Waals surface area contributed by atoms with Crippen LogP contribution in [0.4, 0.5) is 5.69 Å². The second kappa shape index (κ2) is 7.11. The lowest BCUT2D eigenvalue weighted by molar-refractivity contribution is -0.114. The third kappa shape index (κ3) is 4.00. The maximum absolute atomic E-state index is 12.3. The second-order valence-electron chi connectivity index (χ2n) is 7.42. The predicted octanol–water partition coefficient (Wildman–Crippen LogP) is 1.75. The van der Waals surface area contributed by atoms with E-state index in [0.29, 0.717) is 11.7 Å². The summed E-state index contributed by atoms with van der Waals surface area (Å²) in [7, 11) is 0. The van der Waals surface area contributed by atoms with Crippen LogP contribution in [0.2, 0.25) is 0 Å². The van der Waals surface area contributed by atoms with Crippen LogP contribution in [0.1, 0.15) is 54.8 Å². The van der Waals surface area contributed by atoms with Crippen molar-refractivity contribution < 1.29 is 9.59 Å². The Bertz CT molecular complexity index is 853. The summed E-state index contributed by atoms with van der Waals surface area (Å²) in [5.41, 5.74) is 2.32. The van der Waals surface area contributed by atoms with Crippen molar-refractivity contribution in [3.8, 4) is 0 Å². The van der Waals surface area contributed by atoms with E-state index in [1.54, 1.807) is 10.9 Å². The molecule has 1 unspecified atom stereocenters. The molecule has 1 aliphatic carbocycles. The van der Waals surface area contributed by atoms with Gasteiger partial charge in [0.25, 0.3) is 5.91 Å². The van der Waals surface area contributed by atoms with Gasteiger partial charge in [-0.15, -0.1) is 5.10 Å². The van der Waals surface area contributed by atoms with E-state index in [1.807, 2.05) is 18.2 Å². The highest BCUT2D eigenvalue weighted by atomic mass is 16.2. The summed E-state index contributed by atoms with van der Waals surface area (Å²) in [6.07, 6.45) is 3.96. The zero-order valence-corrected chi connectivity index (χ0v) is 15.6. The molecule has 2 aromatic rings. The fourth-order valence-corrected chi connectivity index (χ4v) is 3.37. The molecule has 1 aromatic carbocycles. The van der Waals surface area contributed by atoms with Gasteiger partial charge >= 0.3 is 0 Å². The molecule has 2 aliphatic rings. The highest BCUT2D eigenvalue weighted by Gasteiger charge is 2.33. The first kappa shape index (κ1) is 17.7. The molecule has 1 atom stereocenters. The number of aromatic nitrogens is 3. The van der Waals surface area contributed by atoms with E-state index in [9.17, 15) is 9.59 Å². The van der Waals surface area contributed by atoms with Gasteiger partial charge in [-0.2, -0.15) is 0 Å². The first-order valence-electron chi connectivity index (χ1n) is 9.34. The average Bonchev–Trinajstić information content (AvgIpc) is 3.33. The third-order valence-corrected chi connectivity index (χ3v) is 5.15. The topological polar surface area (TPSA) is 92.2 Å². The SMILES string of the molecule is CC(=O)Nc1cccc(C(C)N2CC(NC(=O)c3cn(C4CC4)nn3)C2)c1. The zero-order valence-electron chi connectivity index (χ0n) is 15.6. The predicted molar refractivity (Wildman–Crippen MR) is 100 cm³/mol. The van der Waals surface area contributed by atoms with Gasteiger partial charge in [-0.25, -0.2) is 4.68 Å². The maximum atomic E-state index is 12.3. The van der Waals surface area contributed by atoms with Crippen LogP contribution in [0.25, 0.3) is 0 Å². The Morgan fingerprint density at radius 1 is 1.26 bits per heavy atom. The van der Waals surface area contributed by atoms with Crippen molar-refractivity contribution >= 4 is 17.5 Å². The van der Waals surface area contributed by atoms with Crippen LogP contribution in [0.5, 0.6) is 0 Å². The molecule has 2 amide bonds. The number of rotatable bonds is 6. The number of amides is 2. The molecule has 1 saturated carbocycles. The molecule has 1 saturated heterocycles. The lowest BCUT2D eigenvalue weighted by Crippen LogP contribution is -2.59. The Hall–Kier alpha value is -2.74. The third-order valence-electron chi connectivity index (χ3n) is 5.15. The van der Waals surface area contributed by atoms with Crippen LogP contribution in [0.3, 0.4) is 0 Å². The van der Waals surface area contributed by atoms with E-state index in [-0.39, 0.29) is 23.9 Å². The smallest absolute Gasteiger partial charge is 0.273 e. The molecule has 0 spiro atoms. The van der Waals surface area contributed by atoms with E-state index in [0.717, 1.165) is 37.2 Å². The Morgan fingerprint density at radius 2 is 2.04 bits per heavy atom. The molecule has 2 N–H and O–H groups in total. The van der Waals surface area contributed by atoms with Crippen molar-refractivity contribution in [1.82, 2.24) is 25.2 Å². The molecule has 2 heterocycles. The summed E-state index contributed by atoms with van der Waals surface area (Å²) in [5.74, 6) is -0.239. The van der Waals surface area contributed by atoms with Gasteiger partial charge in [-0.3, -0.25) is 14.5 Å². The number of anilines is 1. The normalized spacial score (nSPS) is 18.6. The minimum Gasteiger partial charge on any atom is -0.345 e. The van der Waals surface area contributed by atoms with Gasteiger partial charge in [0, 0.05) is 31.7 Å². The van der Waals surface area contributed by atoms with Crippen molar-refractivity contribution in [1.29, 1.82) is 0 Å². The summed E-state index contributed by atoms with van der Waals surface area (Å²) in [5, 5.41) is 13.8.